The predicted octanol–water partition coefficient (Wildman–Crippen LogP) is 2.93. The number of carbonyl (C=O) groups is 2. The third-order valence-electron chi connectivity index (χ3n) is 3.32. The summed E-state index contributed by atoms with van der Waals surface area (Å²) < 4.78 is 0. The van der Waals surface area contributed by atoms with Gasteiger partial charge in [0.15, 0.2) is 0 Å². The Bertz CT molecular complexity index is 701. The Morgan fingerprint density at radius 1 is 1.10 bits per heavy atom. The van der Waals surface area contributed by atoms with Crippen LogP contribution in [0.5, 0.6) is 0 Å². The normalized spacial score (nSPS) is 14.4. The van der Waals surface area contributed by atoms with Gasteiger partial charge in [0.25, 0.3) is 5.91 Å². The van der Waals surface area contributed by atoms with Gasteiger partial charge < -0.3 is 10.2 Å². The van der Waals surface area contributed by atoms with Crippen LogP contribution in [-0.2, 0) is 11.3 Å². The Hall–Kier alpha value is -2.33. The fourth-order valence-corrected chi connectivity index (χ4v) is 2.52. The molecule has 0 aromatic heterocycles. The van der Waals surface area contributed by atoms with E-state index in [4.69, 9.17) is 11.6 Å². The largest absolute Gasteiger partial charge is 0.325 e. The van der Waals surface area contributed by atoms with Gasteiger partial charge in [-0.15, -0.1) is 0 Å². The van der Waals surface area contributed by atoms with Crippen LogP contribution in [0.15, 0.2) is 48.5 Å². The van der Waals surface area contributed by atoms with Gasteiger partial charge in [-0.25, -0.2) is 0 Å². The lowest BCUT2D eigenvalue weighted by molar-refractivity contribution is -0.116. The maximum atomic E-state index is 12.6. The van der Waals surface area contributed by atoms with Gasteiger partial charge in [-0.05, 0) is 23.8 Å². The Kier molecular flexibility index (Phi) is 3.62. The maximum Gasteiger partial charge on any atom is 0.256 e. The fourth-order valence-electron chi connectivity index (χ4n) is 2.34. The van der Waals surface area contributed by atoms with E-state index in [2.05, 4.69) is 5.32 Å². The van der Waals surface area contributed by atoms with E-state index in [-0.39, 0.29) is 18.4 Å². The molecule has 1 aliphatic rings. The van der Waals surface area contributed by atoms with Crippen molar-refractivity contribution in [1.82, 2.24) is 4.90 Å². The molecule has 1 heterocycles. The minimum atomic E-state index is -0.222. The smallest absolute Gasteiger partial charge is 0.256 e. The molecule has 5 heteroatoms. The van der Waals surface area contributed by atoms with Crippen molar-refractivity contribution in [2.24, 2.45) is 0 Å². The van der Waals surface area contributed by atoms with E-state index in [9.17, 15) is 9.59 Å². The van der Waals surface area contributed by atoms with E-state index < -0.39 is 0 Å². The van der Waals surface area contributed by atoms with E-state index in [0.717, 1.165) is 5.56 Å². The number of amides is 2. The molecule has 0 radical (unpaired) electrons. The van der Waals surface area contributed by atoms with Crippen LogP contribution < -0.4 is 5.32 Å². The number of hydrogen-bond acceptors (Lipinski definition) is 2. The van der Waals surface area contributed by atoms with Crippen LogP contribution in [0.4, 0.5) is 5.69 Å². The highest BCUT2D eigenvalue weighted by atomic mass is 35.5. The molecule has 0 saturated carbocycles. The molecule has 0 fully saturated rings. The number of hydrogen-bond donors (Lipinski definition) is 1. The second-order valence-corrected chi connectivity index (χ2v) is 5.32. The zero-order valence-electron chi connectivity index (χ0n) is 11.2. The van der Waals surface area contributed by atoms with Crippen molar-refractivity contribution in [2.45, 2.75) is 6.54 Å². The van der Waals surface area contributed by atoms with Gasteiger partial charge in [0.2, 0.25) is 5.91 Å². The van der Waals surface area contributed by atoms with Crippen molar-refractivity contribution in [3.63, 3.8) is 0 Å². The van der Waals surface area contributed by atoms with E-state index >= 15 is 0 Å². The first-order chi connectivity index (χ1) is 10.1. The Morgan fingerprint density at radius 3 is 2.62 bits per heavy atom. The highest BCUT2D eigenvalue weighted by Gasteiger charge is 2.26. The molecule has 0 unspecified atom stereocenters. The summed E-state index contributed by atoms with van der Waals surface area (Å²) in [6.07, 6.45) is 0. The SMILES string of the molecule is O=C1CN(Cc2ccccc2)C(=O)c2ccc(Cl)cc2N1. The van der Waals surface area contributed by atoms with Crippen molar-refractivity contribution < 1.29 is 9.59 Å². The van der Waals surface area contributed by atoms with E-state index in [1.54, 1.807) is 18.2 Å². The summed E-state index contributed by atoms with van der Waals surface area (Å²) >= 11 is 5.92. The highest BCUT2D eigenvalue weighted by Crippen LogP contribution is 2.25. The Morgan fingerprint density at radius 2 is 1.86 bits per heavy atom. The number of halogens is 1. The molecule has 0 spiro atoms. The van der Waals surface area contributed by atoms with Gasteiger partial charge in [-0.2, -0.15) is 0 Å². The number of nitrogens with zero attached hydrogens (tertiary/aromatic N) is 1. The first-order valence-electron chi connectivity index (χ1n) is 6.56. The summed E-state index contributed by atoms with van der Waals surface area (Å²) in [6, 6.07) is 14.5. The van der Waals surface area contributed by atoms with Crippen LogP contribution in [0.3, 0.4) is 0 Å². The van der Waals surface area contributed by atoms with Gasteiger partial charge in [0.1, 0.15) is 6.54 Å². The number of rotatable bonds is 2. The number of benzene rings is 2. The van der Waals surface area contributed by atoms with Gasteiger partial charge in [0.05, 0.1) is 11.3 Å². The molecule has 2 amide bonds. The first kappa shape index (κ1) is 13.6. The summed E-state index contributed by atoms with van der Waals surface area (Å²) in [7, 11) is 0. The minimum absolute atomic E-state index is 0.0278. The molecule has 1 aliphatic heterocycles. The molecular formula is C16H13ClN2O2. The first-order valence-corrected chi connectivity index (χ1v) is 6.94. The highest BCUT2D eigenvalue weighted by molar-refractivity contribution is 6.31. The second kappa shape index (κ2) is 5.58. The molecule has 0 saturated heterocycles. The minimum Gasteiger partial charge on any atom is -0.325 e. The lowest BCUT2D eigenvalue weighted by Gasteiger charge is -2.19. The Balaban J connectivity index is 1.94. The molecule has 4 nitrogen and oxygen atoms in total. The van der Waals surface area contributed by atoms with Crippen LogP contribution in [0.2, 0.25) is 5.02 Å². The lowest BCUT2D eigenvalue weighted by atomic mass is 10.1. The number of fused-ring (bicyclic) bond motifs is 1. The Labute approximate surface area is 127 Å². The topological polar surface area (TPSA) is 49.4 Å². The van der Waals surface area contributed by atoms with E-state index in [1.807, 2.05) is 30.3 Å². The standard InChI is InChI=1S/C16H13ClN2O2/c17-12-6-7-13-14(8-12)18-15(20)10-19(16(13)21)9-11-4-2-1-3-5-11/h1-8H,9-10H2,(H,18,20). The summed E-state index contributed by atoms with van der Waals surface area (Å²) in [5.74, 6) is -0.399. The van der Waals surface area contributed by atoms with Crippen molar-refractivity contribution in [2.75, 3.05) is 11.9 Å². The maximum absolute atomic E-state index is 12.6. The predicted molar refractivity (Wildman–Crippen MR) is 81.3 cm³/mol. The third-order valence-corrected chi connectivity index (χ3v) is 3.56. The lowest BCUT2D eigenvalue weighted by Crippen LogP contribution is -2.34. The molecule has 2 aromatic rings. The quantitative estimate of drug-likeness (QED) is 0.927. The fraction of sp³-hybridized carbons (Fsp3) is 0.125. The molecule has 0 atom stereocenters. The van der Waals surface area contributed by atoms with Crippen LogP contribution >= 0.6 is 11.6 Å². The van der Waals surface area contributed by atoms with Gasteiger partial charge >= 0.3 is 0 Å². The van der Waals surface area contributed by atoms with Crippen molar-refractivity contribution >= 4 is 29.1 Å². The van der Waals surface area contributed by atoms with Crippen LogP contribution in [-0.4, -0.2) is 23.3 Å². The van der Waals surface area contributed by atoms with Gasteiger partial charge in [0, 0.05) is 11.6 Å². The molecular weight excluding hydrogens is 288 g/mol. The average molecular weight is 301 g/mol. The molecule has 3 rings (SSSR count). The zero-order valence-corrected chi connectivity index (χ0v) is 11.9. The number of nitrogens with one attached hydrogen (secondary N) is 1. The van der Waals surface area contributed by atoms with Crippen LogP contribution in [0, 0.1) is 0 Å². The molecule has 1 N–H and O–H groups in total. The second-order valence-electron chi connectivity index (χ2n) is 4.88. The van der Waals surface area contributed by atoms with Crippen molar-refractivity contribution in [3.8, 4) is 0 Å². The monoisotopic (exact) mass is 300 g/mol. The van der Waals surface area contributed by atoms with E-state index in [1.165, 1.54) is 4.90 Å². The van der Waals surface area contributed by atoms with Gasteiger partial charge in [-0.1, -0.05) is 41.9 Å². The molecule has 2 aromatic carbocycles. The average Bonchev–Trinajstić information content (AvgIpc) is 2.57. The van der Waals surface area contributed by atoms with Crippen LogP contribution in [0.25, 0.3) is 0 Å². The van der Waals surface area contributed by atoms with E-state index in [0.29, 0.717) is 22.8 Å². The van der Waals surface area contributed by atoms with Crippen molar-refractivity contribution in [3.05, 3.63) is 64.7 Å². The zero-order chi connectivity index (χ0) is 14.8. The molecule has 106 valence electrons. The molecule has 0 bridgehead atoms. The summed E-state index contributed by atoms with van der Waals surface area (Å²) in [6.45, 7) is 0.426. The van der Waals surface area contributed by atoms with Crippen LogP contribution in [0.1, 0.15) is 15.9 Å². The molecule has 21 heavy (non-hydrogen) atoms. The summed E-state index contributed by atoms with van der Waals surface area (Å²) in [5.41, 5.74) is 1.91. The number of carbonyl (C=O) groups excluding carboxylic acids is 2. The number of anilines is 1. The summed E-state index contributed by atoms with van der Waals surface area (Å²) in [4.78, 5) is 26.1. The summed E-state index contributed by atoms with van der Waals surface area (Å²) in [5, 5.41) is 3.21. The van der Waals surface area contributed by atoms with Crippen molar-refractivity contribution in [1.29, 1.82) is 0 Å². The third kappa shape index (κ3) is 2.90. The molecule has 0 aliphatic carbocycles. The van der Waals surface area contributed by atoms with Gasteiger partial charge in [-0.3, -0.25) is 9.59 Å².